The number of hydrogen-bond acceptors (Lipinski definition) is 8. The molecular formula is C25H35N3O8. The summed E-state index contributed by atoms with van der Waals surface area (Å²) in [5.74, 6) is -3.90. The summed E-state index contributed by atoms with van der Waals surface area (Å²) in [6, 6.07) is 5.88. The minimum Gasteiger partial charge on any atom is -0.481 e. The summed E-state index contributed by atoms with van der Waals surface area (Å²) >= 11 is 0. The number of nitrogens with one attached hydrogen (secondary N) is 1. The van der Waals surface area contributed by atoms with Gasteiger partial charge in [0.05, 0.1) is 12.5 Å². The van der Waals surface area contributed by atoms with Gasteiger partial charge in [0, 0.05) is 33.2 Å². The van der Waals surface area contributed by atoms with Crippen molar-refractivity contribution in [3.8, 4) is 0 Å². The SMILES string of the molecule is CC(=O)N[C@@H](Cc1ccccc1)C(=O)O[C@H](CC(=O)O)[C@H]1[C@@H](OC(C)=O)CCN1C(=O)[C@@H](N)C(C)C. The molecule has 0 aromatic heterocycles. The van der Waals surface area contributed by atoms with E-state index in [1.54, 1.807) is 44.2 Å². The maximum absolute atomic E-state index is 13.2. The van der Waals surface area contributed by atoms with Crippen molar-refractivity contribution in [2.24, 2.45) is 11.7 Å². The second kappa shape index (κ2) is 13.0. The molecular weight excluding hydrogens is 470 g/mol. The van der Waals surface area contributed by atoms with Gasteiger partial charge in [0.2, 0.25) is 11.8 Å². The summed E-state index contributed by atoms with van der Waals surface area (Å²) in [5.41, 5.74) is 6.82. The minimum atomic E-state index is -1.35. The summed E-state index contributed by atoms with van der Waals surface area (Å²) in [5, 5.41) is 12.1. The van der Waals surface area contributed by atoms with E-state index in [0.717, 1.165) is 5.56 Å². The van der Waals surface area contributed by atoms with E-state index < -0.39 is 66.5 Å². The first-order valence-corrected chi connectivity index (χ1v) is 11.9. The average molecular weight is 506 g/mol. The van der Waals surface area contributed by atoms with Gasteiger partial charge in [-0.3, -0.25) is 19.2 Å². The fourth-order valence-corrected chi connectivity index (χ4v) is 4.23. The Balaban J connectivity index is 2.38. The van der Waals surface area contributed by atoms with Crippen LogP contribution in [0.3, 0.4) is 0 Å². The average Bonchev–Trinajstić information content (AvgIpc) is 3.19. The molecule has 1 fully saturated rings. The molecule has 1 heterocycles. The molecule has 0 unspecified atom stereocenters. The molecule has 1 aromatic carbocycles. The molecule has 0 bridgehead atoms. The Morgan fingerprint density at radius 1 is 1.14 bits per heavy atom. The summed E-state index contributed by atoms with van der Waals surface area (Å²) < 4.78 is 11.0. The van der Waals surface area contributed by atoms with E-state index in [0.29, 0.717) is 0 Å². The predicted molar refractivity (Wildman–Crippen MR) is 128 cm³/mol. The number of esters is 2. The highest BCUT2D eigenvalue weighted by Gasteiger charge is 2.47. The fraction of sp³-hybridized carbons (Fsp3) is 0.560. The summed E-state index contributed by atoms with van der Waals surface area (Å²) in [7, 11) is 0. The number of carboxylic acid groups (broad SMARTS) is 1. The van der Waals surface area contributed by atoms with E-state index in [9.17, 15) is 29.1 Å². The van der Waals surface area contributed by atoms with Crippen molar-refractivity contribution >= 4 is 29.7 Å². The molecule has 11 heteroatoms. The van der Waals surface area contributed by atoms with Gasteiger partial charge in [-0.1, -0.05) is 44.2 Å². The zero-order valence-electron chi connectivity index (χ0n) is 21.0. The van der Waals surface area contributed by atoms with Crippen LogP contribution in [0, 0.1) is 5.92 Å². The van der Waals surface area contributed by atoms with Gasteiger partial charge in [-0.15, -0.1) is 0 Å². The van der Waals surface area contributed by atoms with Crippen LogP contribution in [0.4, 0.5) is 0 Å². The van der Waals surface area contributed by atoms with Gasteiger partial charge in [-0.05, 0) is 11.5 Å². The Kier molecular flexibility index (Phi) is 10.4. The van der Waals surface area contributed by atoms with Gasteiger partial charge < -0.3 is 30.5 Å². The number of hydrogen-bond donors (Lipinski definition) is 3. The van der Waals surface area contributed by atoms with Crippen LogP contribution < -0.4 is 11.1 Å². The van der Waals surface area contributed by atoms with Crippen molar-refractivity contribution in [3.63, 3.8) is 0 Å². The number of nitrogens with zero attached hydrogens (tertiary/aromatic N) is 1. The first-order valence-electron chi connectivity index (χ1n) is 11.9. The number of benzene rings is 1. The molecule has 4 N–H and O–H groups in total. The number of rotatable bonds is 11. The van der Waals surface area contributed by atoms with Crippen molar-refractivity contribution < 1.29 is 38.6 Å². The largest absolute Gasteiger partial charge is 0.481 e. The van der Waals surface area contributed by atoms with Crippen LogP contribution in [0.15, 0.2) is 30.3 Å². The number of carbonyl (C=O) groups is 5. The maximum Gasteiger partial charge on any atom is 0.329 e. The molecule has 36 heavy (non-hydrogen) atoms. The van der Waals surface area contributed by atoms with Crippen molar-refractivity contribution in [2.75, 3.05) is 6.54 Å². The normalized spacial score (nSPS) is 19.8. The highest BCUT2D eigenvalue weighted by molar-refractivity contribution is 5.85. The molecule has 1 aliphatic heterocycles. The maximum atomic E-state index is 13.2. The quantitative estimate of drug-likeness (QED) is 0.366. The molecule has 11 nitrogen and oxygen atoms in total. The van der Waals surface area contributed by atoms with E-state index in [4.69, 9.17) is 15.2 Å². The standard InChI is InChI=1S/C25H35N3O8/c1-14(2)22(26)24(33)28-11-10-19(35-16(4)30)23(28)20(13-21(31)32)36-25(34)18(27-15(3)29)12-17-8-6-5-7-9-17/h5-9,14,18-20,22-23H,10-13,26H2,1-4H3,(H,27,29)(H,31,32)/t18-,19-,20+,22-,23+/m0/s1. The molecule has 0 radical (unpaired) electrons. The van der Waals surface area contributed by atoms with Crippen LogP contribution in [-0.4, -0.2) is 76.6 Å². The summed E-state index contributed by atoms with van der Waals surface area (Å²) in [6.45, 7) is 6.14. The Hall–Kier alpha value is -3.47. The summed E-state index contributed by atoms with van der Waals surface area (Å²) in [4.78, 5) is 63.0. The smallest absolute Gasteiger partial charge is 0.329 e. The third-order valence-corrected chi connectivity index (χ3v) is 5.97. The van der Waals surface area contributed by atoms with Crippen molar-refractivity contribution in [3.05, 3.63) is 35.9 Å². The molecule has 1 aliphatic rings. The molecule has 2 amide bonds. The Morgan fingerprint density at radius 2 is 1.78 bits per heavy atom. The fourth-order valence-electron chi connectivity index (χ4n) is 4.23. The topological polar surface area (TPSA) is 165 Å². The number of ether oxygens (including phenoxy) is 2. The highest BCUT2D eigenvalue weighted by atomic mass is 16.6. The van der Waals surface area contributed by atoms with E-state index in [2.05, 4.69) is 5.32 Å². The highest BCUT2D eigenvalue weighted by Crippen LogP contribution is 2.29. The Labute approximate surface area is 210 Å². The lowest BCUT2D eigenvalue weighted by molar-refractivity contribution is -0.167. The molecule has 1 aromatic rings. The first kappa shape index (κ1) is 28.8. The molecule has 5 atom stereocenters. The van der Waals surface area contributed by atoms with Crippen LogP contribution in [0.25, 0.3) is 0 Å². The van der Waals surface area contributed by atoms with E-state index >= 15 is 0 Å². The third-order valence-electron chi connectivity index (χ3n) is 5.97. The molecule has 2 rings (SSSR count). The van der Waals surface area contributed by atoms with Crippen molar-refractivity contribution in [1.29, 1.82) is 0 Å². The second-order valence-corrected chi connectivity index (χ2v) is 9.24. The monoisotopic (exact) mass is 505 g/mol. The van der Waals surface area contributed by atoms with Crippen LogP contribution in [0.1, 0.15) is 46.1 Å². The first-order chi connectivity index (χ1) is 16.9. The van der Waals surface area contributed by atoms with Gasteiger partial charge >= 0.3 is 17.9 Å². The van der Waals surface area contributed by atoms with Crippen LogP contribution >= 0.6 is 0 Å². The van der Waals surface area contributed by atoms with E-state index in [-0.39, 0.29) is 25.3 Å². The minimum absolute atomic E-state index is 0.109. The molecule has 0 saturated carbocycles. The molecule has 0 spiro atoms. The third kappa shape index (κ3) is 8.04. The van der Waals surface area contributed by atoms with Gasteiger partial charge in [0.1, 0.15) is 24.3 Å². The van der Waals surface area contributed by atoms with Crippen molar-refractivity contribution in [2.45, 2.75) is 77.3 Å². The van der Waals surface area contributed by atoms with Gasteiger partial charge in [0.15, 0.2) is 0 Å². The molecule has 1 saturated heterocycles. The zero-order chi connectivity index (χ0) is 27.0. The zero-order valence-corrected chi connectivity index (χ0v) is 21.0. The molecule has 198 valence electrons. The predicted octanol–water partition coefficient (Wildman–Crippen LogP) is 0.636. The van der Waals surface area contributed by atoms with E-state index in [1.807, 2.05) is 0 Å². The van der Waals surface area contributed by atoms with Crippen LogP contribution in [0.2, 0.25) is 0 Å². The Bertz CT molecular complexity index is 952. The van der Waals surface area contributed by atoms with Crippen LogP contribution in [-0.2, 0) is 39.9 Å². The van der Waals surface area contributed by atoms with Gasteiger partial charge in [-0.25, -0.2) is 4.79 Å². The van der Waals surface area contributed by atoms with Gasteiger partial charge in [-0.2, -0.15) is 0 Å². The lowest BCUT2D eigenvalue weighted by Crippen LogP contribution is -2.56. The van der Waals surface area contributed by atoms with Crippen molar-refractivity contribution in [1.82, 2.24) is 10.2 Å². The number of nitrogens with two attached hydrogens (primary N) is 1. The number of amides is 2. The van der Waals surface area contributed by atoms with Gasteiger partial charge in [0.25, 0.3) is 0 Å². The number of carbonyl (C=O) groups excluding carboxylic acids is 4. The lowest BCUT2D eigenvalue weighted by atomic mass is 9.99. The number of carboxylic acids is 1. The summed E-state index contributed by atoms with van der Waals surface area (Å²) in [6.07, 6.45) is -2.55. The number of likely N-dealkylation sites (tertiary alicyclic amines) is 1. The second-order valence-electron chi connectivity index (χ2n) is 9.24. The van der Waals surface area contributed by atoms with E-state index in [1.165, 1.54) is 18.7 Å². The lowest BCUT2D eigenvalue weighted by Gasteiger charge is -2.35. The Morgan fingerprint density at radius 3 is 2.31 bits per heavy atom. The van der Waals surface area contributed by atoms with Crippen LogP contribution in [0.5, 0.6) is 0 Å². The molecule has 0 aliphatic carbocycles. The number of aliphatic carboxylic acids is 1.